The molecule has 4 rings (SSSR count). The van der Waals surface area contributed by atoms with E-state index in [4.69, 9.17) is 0 Å². The first-order valence-corrected chi connectivity index (χ1v) is 11.0. The zero-order chi connectivity index (χ0) is 22.7. The van der Waals surface area contributed by atoms with Crippen molar-refractivity contribution < 1.29 is 14.0 Å². The molecule has 0 spiro atoms. The minimum atomic E-state index is -0.529. The number of urea groups is 2. The van der Waals surface area contributed by atoms with E-state index in [1.54, 1.807) is 30.5 Å². The number of amides is 4. The van der Waals surface area contributed by atoms with Gasteiger partial charge in [0.05, 0.1) is 17.6 Å². The summed E-state index contributed by atoms with van der Waals surface area (Å²) >= 11 is 0. The third-order valence-electron chi connectivity index (χ3n) is 5.97. The molecule has 0 saturated carbocycles. The number of hydrogen-bond donors (Lipinski definition) is 2. The quantitative estimate of drug-likeness (QED) is 0.763. The minimum Gasteiger partial charge on any atom is -0.325 e. The maximum atomic E-state index is 15.1. The van der Waals surface area contributed by atoms with E-state index in [0.29, 0.717) is 37.4 Å². The lowest BCUT2D eigenvalue weighted by atomic mass is 10.1. The lowest BCUT2D eigenvalue weighted by molar-refractivity contribution is 0.0658. The molecule has 0 aliphatic carbocycles. The molecule has 0 unspecified atom stereocenters. The third-order valence-corrected chi connectivity index (χ3v) is 5.97. The van der Waals surface area contributed by atoms with Crippen molar-refractivity contribution in [3.8, 4) is 0 Å². The highest BCUT2D eigenvalue weighted by Crippen LogP contribution is 2.22. The van der Waals surface area contributed by atoms with Gasteiger partial charge in [0.15, 0.2) is 5.82 Å². The van der Waals surface area contributed by atoms with Crippen LogP contribution in [0.5, 0.6) is 0 Å². The van der Waals surface area contributed by atoms with Crippen LogP contribution in [0.4, 0.5) is 25.4 Å². The van der Waals surface area contributed by atoms with E-state index < -0.39 is 11.8 Å². The van der Waals surface area contributed by atoms with Gasteiger partial charge >= 0.3 is 12.1 Å². The molecule has 2 aliphatic rings. The fraction of sp³-hybridized carbons (Fsp3) is 0.435. The fourth-order valence-corrected chi connectivity index (χ4v) is 4.02. The first-order chi connectivity index (χ1) is 15.4. The second-order valence-electron chi connectivity index (χ2n) is 8.45. The largest absolute Gasteiger partial charge is 0.325 e. The summed E-state index contributed by atoms with van der Waals surface area (Å²) < 4.78 is 15.1. The third kappa shape index (κ3) is 4.99. The maximum Gasteiger partial charge on any atom is 0.323 e. The molecular weight excluding hydrogens is 411 g/mol. The van der Waals surface area contributed by atoms with Gasteiger partial charge in [-0.05, 0) is 38.5 Å². The van der Waals surface area contributed by atoms with Gasteiger partial charge in [0.1, 0.15) is 0 Å². The zero-order valence-electron chi connectivity index (χ0n) is 18.5. The first kappa shape index (κ1) is 22.0. The van der Waals surface area contributed by atoms with Gasteiger partial charge in [-0.15, -0.1) is 0 Å². The number of aromatic nitrogens is 1. The van der Waals surface area contributed by atoms with Gasteiger partial charge in [-0.1, -0.05) is 12.1 Å². The highest BCUT2D eigenvalue weighted by atomic mass is 19.1. The molecule has 0 bridgehead atoms. The van der Waals surface area contributed by atoms with Crippen LogP contribution in [0.15, 0.2) is 36.5 Å². The molecule has 32 heavy (non-hydrogen) atoms. The fourth-order valence-electron chi connectivity index (χ4n) is 4.02. The van der Waals surface area contributed by atoms with E-state index in [9.17, 15) is 9.59 Å². The molecular formula is C23H29FN6O2. The number of carbonyl (C=O) groups is 2. The number of pyridine rings is 1. The van der Waals surface area contributed by atoms with Crippen LogP contribution in [0.1, 0.15) is 24.6 Å². The van der Waals surface area contributed by atoms with Crippen LogP contribution in [-0.4, -0.2) is 70.5 Å². The molecule has 1 aromatic carbocycles. The van der Waals surface area contributed by atoms with Crippen molar-refractivity contribution >= 4 is 23.4 Å². The highest BCUT2D eigenvalue weighted by molar-refractivity contribution is 5.99. The molecule has 1 aromatic heterocycles. The smallest absolute Gasteiger partial charge is 0.323 e. The van der Waals surface area contributed by atoms with E-state index >= 15 is 4.39 Å². The van der Waals surface area contributed by atoms with Crippen LogP contribution in [0.3, 0.4) is 0 Å². The Bertz CT molecular complexity index is 979. The number of rotatable bonds is 4. The molecule has 4 amide bonds. The monoisotopic (exact) mass is 440 g/mol. The predicted octanol–water partition coefficient (Wildman–Crippen LogP) is 3.50. The summed E-state index contributed by atoms with van der Waals surface area (Å²) in [5, 5.41) is 5.23. The predicted molar refractivity (Wildman–Crippen MR) is 121 cm³/mol. The molecule has 8 nitrogen and oxygen atoms in total. The molecule has 9 heteroatoms. The normalized spacial score (nSPS) is 18.8. The Balaban J connectivity index is 1.34. The van der Waals surface area contributed by atoms with Crippen molar-refractivity contribution in [3.05, 3.63) is 53.6 Å². The van der Waals surface area contributed by atoms with E-state index in [0.717, 1.165) is 25.2 Å². The Labute approximate surface area is 187 Å². The Hall–Kier alpha value is -3.20. The van der Waals surface area contributed by atoms with E-state index in [1.165, 1.54) is 6.07 Å². The summed E-state index contributed by atoms with van der Waals surface area (Å²) in [5.74, 6) is -0.448. The Kier molecular flexibility index (Phi) is 6.55. The zero-order valence-corrected chi connectivity index (χ0v) is 18.5. The number of carbonyl (C=O) groups excluding carboxylic acids is 2. The van der Waals surface area contributed by atoms with Crippen LogP contribution in [0.25, 0.3) is 0 Å². The summed E-state index contributed by atoms with van der Waals surface area (Å²) in [6.45, 7) is 7.97. The number of nitrogens with one attached hydrogen (secondary N) is 2. The Morgan fingerprint density at radius 3 is 2.59 bits per heavy atom. The topological polar surface area (TPSA) is 80.8 Å². The van der Waals surface area contributed by atoms with Gasteiger partial charge in [-0.3, -0.25) is 9.88 Å². The maximum absolute atomic E-state index is 15.1. The molecule has 170 valence electrons. The van der Waals surface area contributed by atoms with Crippen LogP contribution < -0.4 is 10.6 Å². The van der Waals surface area contributed by atoms with Crippen molar-refractivity contribution in [1.82, 2.24) is 19.7 Å². The van der Waals surface area contributed by atoms with Crippen molar-refractivity contribution in [1.29, 1.82) is 0 Å². The summed E-state index contributed by atoms with van der Waals surface area (Å²) in [6, 6.07) is 8.16. The van der Waals surface area contributed by atoms with Gasteiger partial charge < -0.3 is 20.4 Å². The first-order valence-electron chi connectivity index (χ1n) is 11.0. The average Bonchev–Trinajstić information content (AvgIpc) is 2.71. The molecule has 1 atom stereocenters. The number of nitrogens with zero attached hydrogens (tertiary/aromatic N) is 4. The second-order valence-corrected chi connectivity index (χ2v) is 8.45. The SMILES string of the molecule is Cc1ccc(NC(=O)Nc2cccc(CN3CCN(C(=O)N4CCC4)[C@H](C)C3)c2F)cn1. The number of benzene rings is 1. The van der Waals surface area contributed by atoms with E-state index in [-0.39, 0.29) is 17.8 Å². The number of likely N-dealkylation sites (tertiary alicyclic amines) is 1. The Morgan fingerprint density at radius 1 is 1.12 bits per heavy atom. The van der Waals surface area contributed by atoms with Gasteiger partial charge in [0.2, 0.25) is 0 Å². The number of aryl methyl sites for hydroxylation is 1. The summed E-state index contributed by atoms with van der Waals surface area (Å²) in [6.07, 6.45) is 2.62. The number of halogens is 1. The van der Waals surface area contributed by atoms with Crippen molar-refractivity contribution in [2.45, 2.75) is 32.9 Å². The molecule has 2 N–H and O–H groups in total. The summed E-state index contributed by atoms with van der Waals surface area (Å²) in [7, 11) is 0. The van der Waals surface area contributed by atoms with Crippen molar-refractivity contribution in [2.24, 2.45) is 0 Å². The second kappa shape index (κ2) is 9.52. The molecule has 3 heterocycles. The summed E-state index contributed by atoms with van der Waals surface area (Å²) in [5.41, 5.74) is 2.01. The summed E-state index contributed by atoms with van der Waals surface area (Å²) in [4.78, 5) is 34.9. The van der Waals surface area contributed by atoms with Crippen molar-refractivity contribution in [3.63, 3.8) is 0 Å². The number of hydrogen-bond acceptors (Lipinski definition) is 4. The average molecular weight is 441 g/mol. The van der Waals surface area contributed by atoms with Gasteiger partial charge in [0.25, 0.3) is 0 Å². The standard InChI is InChI=1S/C23H29FN6O2/c1-16-7-8-19(13-25-16)26-22(31)27-20-6-3-5-18(21(20)24)15-28-11-12-30(17(2)14-28)23(32)29-9-4-10-29/h3,5-8,13,17H,4,9-12,14-15H2,1-2H3,(H2,26,27,31)/t17-/m1/s1. The molecule has 2 saturated heterocycles. The minimum absolute atomic E-state index is 0.0649. The van der Waals surface area contributed by atoms with E-state index in [2.05, 4.69) is 20.5 Å². The number of piperazine rings is 1. The lowest BCUT2D eigenvalue weighted by Gasteiger charge is -2.44. The molecule has 2 aromatic rings. The van der Waals surface area contributed by atoms with E-state index in [1.807, 2.05) is 23.6 Å². The van der Waals surface area contributed by atoms with Crippen LogP contribution in [0.2, 0.25) is 0 Å². The van der Waals surface area contributed by atoms with Crippen LogP contribution in [0, 0.1) is 12.7 Å². The molecule has 0 radical (unpaired) electrons. The van der Waals surface area contributed by atoms with Crippen LogP contribution in [-0.2, 0) is 6.54 Å². The van der Waals surface area contributed by atoms with Crippen molar-refractivity contribution in [2.75, 3.05) is 43.4 Å². The van der Waals surface area contributed by atoms with Gasteiger partial charge in [-0.25, -0.2) is 14.0 Å². The molecule has 2 fully saturated rings. The van der Waals surface area contributed by atoms with Gasteiger partial charge in [0, 0.05) is 56.6 Å². The lowest BCUT2D eigenvalue weighted by Crippen LogP contribution is -2.59. The number of anilines is 2. The highest BCUT2D eigenvalue weighted by Gasteiger charge is 2.32. The molecule has 2 aliphatic heterocycles. The van der Waals surface area contributed by atoms with Crippen LogP contribution >= 0.6 is 0 Å². The Morgan fingerprint density at radius 2 is 1.94 bits per heavy atom. The van der Waals surface area contributed by atoms with Gasteiger partial charge in [-0.2, -0.15) is 0 Å².